The first-order valence-electron chi connectivity index (χ1n) is 7.00. The maximum atomic E-state index is 12.4. The number of nitrogen functional groups attached to an aromatic ring is 1. The molecule has 0 aliphatic carbocycles. The minimum Gasteiger partial charge on any atom is -0.368 e. The molecule has 0 saturated heterocycles. The maximum Gasteiger partial charge on any atom is 0.389 e. The minimum atomic E-state index is -4.22. The predicted molar refractivity (Wildman–Crippen MR) is 76.6 cm³/mol. The van der Waals surface area contributed by atoms with E-state index in [-0.39, 0.29) is 24.8 Å². The van der Waals surface area contributed by atoms with Crippen LogP contribution in [0.4, 0.5) is 19.1 Å². The summed E-state index contributed by atoms with van der Waals surface area (Å²) in [6.07, 6.45) is -3.75. The third-order valence-corrected chi connectivity index (χ3v) is 3.74. The van der Waals surface area contributed by atoms with Gasteiger partial charge in [0.2, 0.25) is 5.95 Å². The number of carbonyl (C=O) groups is 1. The average Bonchev–Trinajstić information content (AvgIpc) is 2.92. The van der Waals surface area contributed by atoms with Crippen LogP contribution in [0, 0.1) is 0 Å². The number of alkyl halides is 3. The van der Waals surface area contributed by atoms with Crippen LogP contribution in [-0.2, 0) is 0 Å². The number of hydrogen-bond donors (Lipinski definition) is 3. The second kappa shape index (κ2) is 5.56. The van der Waals surface area contributed by atoms with Gasteiger partial charge in [-0.15, -0.1) is 0 Å². The summed E-state index contributed by atoms with van der Waals surface area (Å²) in [6.45, 7) is 0.174. The number of rotatable bonds is 3. The monoisotopic (exact) mass is 325 g/mol. The van der Waals surface area contributed by atoms with Crippen LogP contribution in [0.25, 0.3) is 11.4 Å². The van der Waals surface area contributed by atoms with E-state index >= 15 is 0 Å². The van der Waals surface area contributed by atoms with Crippen molar-refractivity contribution in [2.45, 2.75) is 24.9 Å². The van der Waals surface area contributed by atoms with Crippen molar-refractivity contribution in [1.29, 1.82) is 0 Å². The number of anilines is 1. The molecule has 1 aliphatic heterocycles. The fraction of sp³-hybridized carbons (Fsp3) is 0.357. The summed E-state index contributed by atoms with van der Waals surface area (Å²) in [6, 6.07) is 3.18. The van der Waals surface area contributed by atoms with Crippen molar-refractivity contribution in [2.24, 2.45) is 0 Å². The van der Waals surface area contributed by atoms with E-state index in [1.165, 1.54) is 6.20 Å². The van der Waals surface area contributed by atoms with Crippen LogP contribution in [0.15, 0.2) is 18.3 Å². The van der Waals surface area contributed by atoms with Gasteiger partial charge in [-0.25, -0.2) is 9.97 Å². The van der Waals surface area contributed by atoms with Crippen LogP contribution in [0.2, 0.25) is 0 Å². The van der Waals surface area contributed by atoms with Crippen LogP contribution < -0.4 is 11.1 Å². The lowest BCUT2D eigenvalue weighted by Crippen LogP contribution is -2.35. The van der Waals surface area contributed by atoms with Crippen molar-refractivity contribution in [3.8, 4) is 11.4 Å². The summed E-state index contributed by atoms with van der Waals surface area (Å²) in [4.78, 5) is 22.8. The van der Waals surface area contributed by atoms with Gasteiger partial charge in [0.15, 0.2) is 0 Å². The van der Waals surface area contributed by atoms with Gasteiger partial charge in [0.05, 0.1) is 17.0 Å². The minimum absolute atomic E-state index is 0.0770. The first-order chi connectivity index (χ1) is 10.8. The molecule has 1 aliphatic rings. The van der Waals surface area contributed by atoms with Gasteiger partial charge in [-0.1, -0.05) is 0 Å². The van der Waals surface area contributed by atoms with Gasteiger partial charge in [-0.2, -0.15) is 13.2 Å². The van der Waals surface area contributed by atoms with Crippen molar-refractivity contribution < 1.29 is 18.0 Å². The molecule has 122 valence electrons. The Kier molecular flexibility index (Phi) is 3.70. The van der Waals surface area contributed by atoms with Crippen molar-refractivity contribution >= 4 is 11.9 Å². The average molecular weight is 325 g/mol. The molecule has 0 fully saturated rings. The van der Waals surface area contributed by atoms with E-state index in [9.17, 15) is 18.0 Å². The van der Waals surface area contributed by atoms with Crippen LogP contribution in [-0.4, -0.2) is 33.6 Å². The van der Waals surface area contributed by atoms with Crippen molar-refractivity contribution in [1.82, 2.24) is 20.3 Å². The lowest BCUT2D eigenvalue weighted by molar-refractivity contribution is -0.136. The van der Waals surface area contributed by atoms with E-state index in [4.69, 9.17) is 5.73 Å². The molecule has 3 heterocycles. The summed E-state index contributed by atoms with van der Waals surface area (Å²) in [5.74, 6) is -0.654. The number of carbonyl (C=O) groups excluding carboxylic acids is 1. The van der Waals surface area contributed by atoms with Gasteiger partial charge in [0, 0.05) is 30.8 Å². The molecular weight excluding hydrogens is 311 g/mol. The predicted octanol–water partition coefficient (Wildman–Crippen LogP) is 2.22. The van der Waals surface area contributed by atoms with E-state index < -0.39 is 18.5 Å². The van der Waals surface area contributed by atoms with E-state index in [0.717, 1.165) is 0 Å². The third-order valence-electron chi connectivity index (χ3n) is 3.74. The van der Waals surface area contributed by atoms with Crippen LogP contribution in [0.1, 0.15) is 34.8 Å². The van der Waals surface area contributed by atoms with Gasteiger partial charge in [0.1, 0.15) is 0 Å². The van der Waals surface area contributed by atoms with Gasteiger partial charge in [0.25, 0.3) is 5.91 Å². The first-order valence-corrected chi connectivity index (χ1v) is 7.00. The zero-order chi connectivity index (χ0) is 16.6. The van der Waals surface area contributed by atoms with Crippen molar-refractivity contribution in [3.63, 3.8) is 0 Å². The molecule has 0 unspecified atom stereocenters. The lowest BCUT2D eigenvalue weighted by Gasteiger charge is -2.23. The Bertz CT molecular complexity index is 740. The highest BCUT2D eigenvalue weighted by molar-refractivity contribution is 5.98. The summed E-state index contributed by atoms with van der Waals surface area (Å²) in [7, 11) is 0. The van der Waals surface area contributed by atoms with Crippen LogP contribution >= 0.6 is 0 Å². The van der Waals surface area contributed by atoms with E-state index in [1.807, 2.05) is 0 Å². The van der Waals surface area contributed by atoms with Crippen molar-refractivity contribution in [2.75, 3.05) is 12.3 Å². The molecule has 0 aromatic carbocycles. The molecule has 1 atom stereocenters. The topological polar surface area (TPSA) is 96.7 Å². The normalized spacial score (nSPS) is 17.7. The Balaban J connectivity index is 1.92. The summed E-state index contributed by atoms with van der Waals surface area (Å²) in [5.41, 5.74) is 7.38. The second-order valence-electron chi connectivity index (χ2n) is 5.37. The number of amides is 1. The number of halogens is 3. The Morgan fingerprint density at radius 1 is 1.39 bits per heavy atom. The van der Waals surface area contributed by atoms with E-state index in [2.05, 4.69) is 20.3 Å². The van der Waals surface area contributed by atoms with Gasteiger partial charge in [-0.05, 0) is 18.6 Å². The number of hydrogen-bond acceptors (Lipinski definition) is 4. The highest BCUT2D eigenvalue weighted by atomic mass is 19.4. The fourth-order valence-electron chi connectivity index (χ4n) is 2.64. The summed E-state index contributed by atoms with van der Waals surface area (Å²) < 4.78 is 37.3. The molecule has 9 heteroatoms. The van der Waals surface area contributed by atoms with Crippen LogP contribution in [0.3, 0.4) is 0 Å². The summed E-state index contributed by atoms with van der Waals surface area (Å²) in [5, 5.41) is 2.62. The molecule has 23 heavy (non-hydrogen) atoms. The molecule has 1 amide bonds. The largest absolute Gasteiger partial charge is 0.389 e. The van der Waals surface area contributed by atoms with Gasteiger partial charge < -0.3 is 16.0 Å². The highest BCUT2D eigenvalue weighted by Gasteiger charge is 2.33. The number of nitrogens with two attached hydrogens (primary N) is 1. The van der Waals surface area contributed by atoms with Crippen LogP contribution in [0.5, 0.6) is 0 Å². The smallest absolute Gasteiger partial charge is 0.368 e. The number of fused-ring (bicyclic) bond motifs is 1. The molecule has 0 spiro atoms. The number of aromatic nitrogens is 3. The molecule has 6 nitrogen and oxygen atoms in total. The molecule has 0 bridgehead atoms. The zero-order valence-corrected chi connectivity index (χ0v) is 11.9. The first kappa shape index (κ1) is 15.3. The molecule has 2 aromatic rings. The number of nitrogens with zero attached hydrogens (tertiary/aromatic N) is 2. The van der Waals surface area contributed by atoms with Crippen molar-refractivity contribution in [3.05, 3.63) is 29.6 Å². The molecule has 3 rings (SSSR count). The maximum absolute atomic E-state index is 12.4. The SMILES string of the molecule is Nc1nccc(-c2cc3c([nH]2)[C@@H](CCC(F)(F)F)CNC3=O)n1. The molecule has 2 aromatic heterocycles. The standard InChI is InChI=1S/C14H14F3N5O/c15-14(16,17)3-1-7-6-20-12(23)8-5-10(21-11(7)8)9-2-4-19-13(18)22-9/h2,4-5,7,21H,1,3,6H2,(H,20,23)(H2,18,19,22)/t7-/m0/s1. The third kappa shape index (κ3) is 3.27. The van der Waals surface area contributed by atoms with E-state index in [1.54, 1.807) is 12.1 Å². The van der Waals surface area contributed by atoms with E-state index in [0.29, 0.717) is 22.6 Å². The second-order valence-corrected chi connectivity index (χ2v) is 5.37. The van der Waals surface area contributed by atoms with Gasteiger partial charge >= 0.3 is 6.18 Å². The molecule has 0 saturated carbocycles. The molecule has 4 N–H and O–H groups in total. The molecule has 0 radical (unpaired) electrons. The lowest BCUT2D eigenvalue weighted by atomic mass is 9.93. The number of aromatic amines is 1. The fourth-order valence-corrected chi connectivity index (χ4v) is 2.64. The Labute approximate surface area is 129 Å². The highest BCUT2D eigenvalue weighted by Crippen LogP contribution is 2.34. The number of nitrogens with one attached hydrogen (secondary N) is 2. The Morgan fingerprint density at radius 3 is 2.87 bits per heavy atom. The Morgan fingerprint density at radius 2 is 2.17 bits per heavy atom. The summed E-state index contributed by atoms with van der Waals surface area (Å²) >= 11 is 0. The Hall–Kier alpha value is -2.58. The zero-order valence-electron chi connectivity index (χ0n) is 11.9. The van der Waals surface area contributed by atoms with Gasteiger partial charge in [-0.3, -0.25) is 4.79 Å². The quantitative estimate of drug-likeness (QED) is 0.806. The molecular formula is C14H14F3N5O. The number of H-pyrrole nitrogens is 1.